The summed E-state index contributed by atoms with van der Waals surface area (Å²) in [4.78, 5) is 12.6. The average molecular weight is 481 g/mol. The van der Waals surface area contributed by atoms with E-state index in [0.717, 1.165) is 42.8 Å². The van der Waals surface area contributed by atoms with Crippen molar-refractivity contribution < 1.29 is 0 Å². The van der Waals surface area contributed by atoms with E-state index >= 15 is 0 Å². The number of likely N-dealkylation sites (N-methyl/N-ethyl adjacent to an activating group) is 1. The maximum absolute atomic E-state index is 4.48. The van der Waals surface area contributed by atoms with Gasteiger partial charge in [0, 0.05) is 24.5 Å². The van der Waals surface area contributed by atoms with Gasteiger partial charge in [0.25, 0.3) is 0 Å². The molecule has 7 heteroatoms. The van der Waals surface area contributed by atoms with Gasteiger partial charge in [0.05, 0.1) is 17.2 Å². The van der Waals surface area contributed by atoms with Gasteiger partial charge in [0.15, 0.2) is 5.96 Å². The van der Waals surface area contributed by atoms with Gasteiger partial charge in [-0.3, -0.25) is 9.89 Å². The van der Waals surface area contributed by atoms with Crippen molar-refractivity contribution in [3.8, 4) is 0 Å². The van der Waals surface area contributed by atoms with Crippen LogP contribution in [-0.2, 0) is 6.54 Å². The summed E-state index contributed by atoms with van der Waals surface area (Å²) in [5.41, 5.74) is 1.11. The highest BCUT2D eigenvalue weighted by Crippen LogP contribution is 2.16. The van der Waals surface area contributed by atoms with Gasteiger partial charge in [-0.1, -0.05) is 27.7 Å². The van der Waals surface area contributed by atoms with Crippen LogP contribution in [0.2, 0.25) is 0 Å². The molecule has 0 aromatic carbocycles. The molecule has 0 bridgehead atoms. The molecule has 1 aromatic rings. The van der Waals surface area contributed by atoms with E-state index in [0.29, 0.717) is 12.0 Å². The second-order valence-electron chi connectivity index (χ2n) is 6.55. The van der Waals surface area contributed by atoms with Crippen molar-refractivity contribution in [2.45, 2.75) is 60.5 Å². The number of aryl methyl sites for hydroxylation is 2. The first-order valence-electron chi connectivity index (χ1n) is 9.02. The van der Waals surface area contributed by atoms with Gasteiger partial charge in [0.2, 0.25) is 0 Å². The van der Waals surface area contributed by atoms with E-state index in [1.807, 2.05) is 7.05 Å². The smallest absolute Gasteiger partial charge is 0.191 e. The minimum absolute atomic E-state index is 0. The predicted molar refractivity (Wildman–Crippen MR) is 121 cm³/mol. The van der Waals surface area contributed by atoms with Crippen LogP contribution in [0.4, 0.5) is 0 Å². The van der Waals surface area contributed by atoms with E-state index in [1.54, 1.807) is 11.3 Å². The van der Waals surface area contributed by atoms with E-state index in [1.165, 1.54) is 11.3 Å². The quantitative estimate of drug-likeness (QED) is 0.320. The van der Waals surface area contributed by atoms with Crippen LogP contribution in [0.1, 0.15) is 49.7 Å². The summed E-state index contributed by atoms with van der Waals surface area (Å²) >= 11 is 1.75. The first-order chi connectivity index (χ1) is 11.4. The first kappa shape index (κ1) is 24.6. The lowest BCUT2D eigenvalue weighted by molar-refractivity contribution is 0.191. The molecule has 0 saturated carbocycles. The van der Waals surface area contributed by atoms with Crippen molar-refractivity contribution in [1.82, 2.24) is 20.5 Å². The van der Waals surface area contributed by atoms with Crippen LogP contribution in [0.25, 0.3) is 0 Å². The summed E-state index contributed by atoms with van der Waals surface area (Å²) in [5.74, 6) is 1.55. The van der Waals surface area contributed by atoms with Crippen LogP contribution in [0, 0.1) is 19.8 Å². The molecule has 0 amide bonds. The fourth-order valence-electron chi connectivity index (χ4n) is 2.98. The zero-order chi connectivity index (χ0) is 18.1. The molecule has 1 aromatic heterocycles. The number of hydrogen-bond donors (Lipinski definition) is 2. The summed E-state index contributed by atoms with van der Waals surface area (Å²) in [6.45, 7) is 17.0. The Balaban J connectivity index is 0.00000576. The monoisotopic (exact) mass is 481 g/mol. The average Bonchev–Trinajstić information content (AvgIpc) is 2.85. The van der Waals surface area contributed by atoms with Gasteiger partial charge in [-0.2, -0.15) is 0 Å². The highest BCUT2D eigenvalue weighted by molar-refractivity contribution is 14.0. The molecule has 1 unspecified atom stereocenters. The Hall–Kier alpha value is -0.410. The summed E-state index contributed by atoms with van der Waals surface area (Å²) in [7, 11) is 1.83. The van der Waals surface area contributed by atoms with E-state index < -0.39 is 0 Å². The molecule has 1 atom stereocenters. The number of thiazole rings is 1. The molecule has 0 aliphatic rings. The third-order valence-corrected chi connectivity index (χ3v) is 5.29. The molecule has 0 aliphatic carbocycles. The highest BCUT2D eigenvalue weighted by atomic mass is 127. The lowest BCUT2D eigenvalue weighted by Crippen LogP contribution is -2.47. The van der Waals surface area contributed by atoms with Crippen LogP contribution >= 0.6 is 35.3 Å². The van der Waals surface area contributed by atoms with Crippen molar-refractivity contribution >= 4 is 41.3 Å². The van der Waals surface area contributed by atoms with Gasteiger partial charge in [0.1, 0.15) is 0 Å². The lowest BCUT2D eigenvalue weighted by atomic mass is 10.0. The number of halogens is 1. The van der Waals surface area contributed by atoms with Gasteiger partial charge < -0.3 is 10.6 Å². The van der Waals surface area contributed by atoms with Gasteiger partial charge in [-0.25, -0.2) is 4.98 Å². The second-order valence-corrected chi connectivity index (χ2v) is 7.84. The van der Waals surface area contributed by atoms with E-state index in [9.17, 15) is 0 Å². The number of nitrogens with zero attached hydrogens (tertiary/aromatic N) is 3. The standard InChI is InChI=1S/C18H35N5S.HI/c1-8-23(9-2)16(10-13(3)4)11-20-18(19-7)21-12-17-14(5)22-15(6)24-17;/h13,16H,8-12H2,1-7H3,(H2,19,20,21);1H. The molecule has 25 heavy (non-hydrogen) atoms. The molecule has 0 spiro atoms. The Morgan fingerprint density at radius 2 is 1.84 bits per heavy atom. The number of nitrogens with one attached hydrogen (secondary N) is 2. The van der Waals surface area contributed by atoms with Crippen LogP contribution < -0.4 is 10.6 Å². The van der Waals surface area contributed by atoms with Crippen LogP contribution in [0.3, 0.4) is 0 Å². The Morgan fingerprint density at radius 1 is 1.20 bits per heavy atom. The zero-order valence-corrected chi connectivity index (χ0v) is 20.0. The number of aromatic nitrogens is 1. The van der Waals surface area contributed by atoms with E-state index in [4.69, 9.17) is 0 Å². The Bertz CT molecular complexity index is 512. The lowest BCUT2D eigenvalue weighted by Gasteiger charge is -2.31. The van der Waals surface area contributed by atoms with Crippen LogP contribution in [0.15, 0.2) is 4.99 Å². The molecular weight excluding hydrogens is 445 g/mol. The third kappa shape index (κ3) is 8.68. The summed E-state index contributed by atoms with van der Waals surface area (Å²) < 4.78 is 0. The molecular formula is C18H36IN5S. The van der Waals surface area contributed by atoms with Crippen LogP contribution in [0.5, 0.6) is 0 Å². The van der Waals surface area contributed by atoms with Gasteiger partial charge >= 0.3 is 0 Å². The SMILES string of the molecule is CCN(CC)C(CNC(=NC)NCc1sc(C)nc1C)CC(C)C.I. The molecule has 0 saturated heterocycles. The first-order valence-corrected chi connectivity index (χ1v) is 9.84. The minimum Gasteiger partial charge on any atom is -0.355 e. The van der Waals surface area contributed by atoms with Gasteiger partial charge in [-0.15, -0.1) is 35.3 Å². The Kier molecular flexibility index (Phi) is 12.7. The summed E-state index contributed by atoms with van der Waals surface area (Å²) in [5, 5.41) is 8.03. The van der Waals surface area contributed by atoms with Crippen molar-refractivity contribution in [1.29, 1.82) is 0 Å². The molecule has 0 radical (unpaired) electrons. The Morgan fingerprint density at radius 3 is 2.28 bits per heavy atom. The molecule has 146 valence electrons. The largest absolute Gasteiger partial charge is 0.355 e. The van der Waals surface area contributed by atoms with Crippen molar-refractivity contribution in [2.24, 2.45) is 10.9 Å². The molecule has 2 N–H and O–H groups in total. The Labute approximate surface area is 175 Å². The normalized spacial score (nSPS) is 13.1. The topological polar surface area (TPSA) is 52.5 Å². The molecule has 1 heterocycles. The van der Waals surface area contributed by atoms with Crippen molar-refractivity contribution in [3.05, 3.63) is 15.6 Å². The van der Waals surface area contributed by atoms with E-state index in [-0.39, 0.29) is 24.0 Å². The second kappa shape index (κ2) is 12.9. The fourth-order valence-corrected chi connectivity index (χ4v) is 3.86. The number of rotatable bonds is 9. The molecule has 0 fully saturated rings. The molecule has 1 rings (SSSR count). The van der Waals surface area contributed by atoms with Crippen LogP contribution in [-0.4, -0.2) is 48.6 Å². The molecule has 0 aliphatic heterocycles. The maximum atomic E-state index is 4.48. The molecule has 5 nitrogen and oxygen atoms in total. The number of guanidine groups is 1. The number of aliphatic imine (C=N–C) groups is 1. The predicted octanol–water partition coefficient (Wildman–Crippen LogP) is 3.80. The van der Waals surface area contributed by atoms with Gasteiger partial charge in [-0.05, 0) is 39.3 Å². The minimum atomic E-state index is 0. The summed E-state index contributed by atoms with van der Waals surface area (Å²) in [6.07, 6.45) is 1.19. The maximum Gasteiger partial charge on any atom is 0.191 e. The van der Waals surface area contributed by atoms with Crippen molar-refractivity contribution in [2.75, 3.05) is 26.7 Å². The summed E-state index contributed by atoms with van der Waals surface area (Å²) in [6, 6.07) is 0.533. The zero-order valence-electron chi connectivity index (χ0n) is 16.8. The van der Waals surface area contributed by atoms with E-state index in [2.05, 4.69) is 67.1 Å². The fraction of sp³-hybridized carbons (Fsp3) is 0.778. The third-order valence-electron chi connectivity index (χ3n) is 4.22. The number of hydrogen-bond acceptors (Lipinski definition) is 4. The van der Waals surface area contributed by atoms with Crippen molar-refractivity contribution in [3.63, 3.8) is 0 Å². The highest BCUT2D eigenvalue weighted by Gasteiger charge is 2.17.